The first kappa shape index (κ1) is 13.0. The second-order valence-electron chi connectivity index (χ2n) is 4.13. The third-order valence-electron chi connectivity index (χ3n) is 2.65. The van der Waals surface area contributed by atoms with Gasteiger partial charge in [0.1, 0.15) is 18.2 Å². The molecular weight excluding hydrogens is 249 g/mol. The Balaban J connectivity index is 2.10. The number of benzene rings is 2. The van der Waals surface area contributed by atoms with Crippen molar-refractivity contribution in [3.8, 4) is 5.75 Å². The van der Waals surface area contributed by atoms with Crippen LogP contribution in [0.1, 0.15) is 11.1 Å². The van der Waals surface area contributed by atoms with Crippen LogP contribution in [0.5, 0.6) is 5.75 Å². The third kappa shape index (κ3) is 3.28. The van der Waals surface area contributed by atoms with Crippen LogP contribution < -0.4 is 4.74 Å². The number of nitrogens with zero attached hydrogens (tertiary/aromatic N) is 1. The highest BCUT2D eigenvalue weighted by atomic mass is 19.1. The standard InChI is InChI=1S/C14H12FNO3/c1-10-7-12(15)5-6-14(10)19-9-11-3-2-4-13(8-11)16(17)18/h2-8H,9H2,1H3. The molecule has 0 aliphatic carbocycles. The van der Waals surface area contributed by atoms with Crippen LogP contribution in [0.2, 0.25) is 0 Å². The van der Waals surface area contributed by atoms with Crippen molar-refractivity contribution in [3.05, 3.63) is 69.5 Å². The van der Waals surface area contributed by atoms with Gasteiger partial charge < -0.3 is 4.74 Å². The lowest BCUT2D eigenvalue weighted by Gasteiger charge is -2.09. The number of ether oxygens (including phenoxy) is 1. The predicted octanol–water partition coefficient (Wildman–Crippen LogP) is 3.62. The summed E-state index contributed by atoms with van der Waals surface area (Å²) in [6.07, 6.45) is 0. The van der Waals surface area contributed by atoms with E-state index in [0.29, 0.717) is 16.9 Å². The molecule has 0 N–H and O–H groups in total. The zero-order valence-corrected chi connectivity index (χ0v) is 10.3. The lowest BCUT2D eigenvalue weighted by Crippen LogP contribution is -1.98. The fourth-order valence-electron chi connectivity index (χ4n) is 1.70. The molecule has 0 aromatic heterocycles. The maximum atomic E-state index is 12.9. The van der Waals surface area contributed by atoms with Crippen molar-refractivity contribution < 1.29 is 14.1 Å². The molecule has 0 saturated carbocycles. The van der Waals surface area contributed by atoms with Crippen LogP contribution in [0, 0.1) is 22.9 Å². The maximum absolute atomic E-state index is 12.9. The minimum atomic E-state index is -0.452. The van der Waals surface area contributed by atoms with E-state index in [1.807, 2.05) is 0 Å². The van der Waals surface area contributed by atoms with Crippen LogP contribution in [0.15, 0.2) is 42.5 Å². The Morgan fingerprint density at radius 1 is 1.26 bits per heavy atom. The fourth-order valence-corrected chi connectivity index (χ4v) is 1.70. The topological polar surface area (TPSA) is 52.4 Å². The van der Waals surface area contributed by atoms with Gasteiger partial charge in [-0.15, -0.1) is 0 Å². The average molecular weight is 261 g/mol. The van der Waals surface area contributed by atoms with E-state index in [-0.39, 0.29) is 18.1 Å². The highest BCUT2D eigenvalue weighted by molar-refractivity contribution is 5.35. The predicted molar refractivity (Wildman–Crippen MR) is 68.6 cm³/mol. The molecule has 0 aliphatic heterocycles. The highest BCUT2D eigenvalue weighted by Gasteiger charge is 2.07. The van der Waals surface area contributed by atoms with Crippen molar-refractivity contribution in [2.75, 3.05) is 0 Å². The molecule has 0 fully saturated rings. The average Bonchev–Trinajstić information content (AvgIpc) is 2.38. The smallest absolute Gasteiger partial charge is 0.269 e. The van der Waals surface area contributed by atoms with E-state index in [9.17, 15) is 14.5 Å². The summed E-state index contributed by atoms with van der Waals surface area (Å²) in [7, 11) is 0. The number of hydrogen-bond acceptors (Lipinski definition) is 3. The van der Waals surface area contributed by atoms with Crippen LogP contribution in [-0.2, 0) is 6.61 Å². The van der Waals surface area contributed by atoms with Gasteiger partial charge in [0.2, 0.25) is 0 Å². The Morgan fingerprint density at radius 3 is 2.74 bits per heavy atom. The summed E-state index contributed by atoms with van der Waals surface area (Å²) in [5.74, 6) is 0.244. The van der Waals surface area contributed by atoms with Crippen LogP contribution in [0.25, 0.3) is 0 Å². The summed E-state index contributed by atoms with van der Waals surface area (Å²) < 4.78 is 18.4. The molecule has 0 saturated heterocycles. The van der Waals surface area contributed by atoms with E-state index in [1.54, 1.807) is 25.1 Å². The minimum Gasteiger partial charge on any atom is -0.489 e. The van der Waals surface area contributed by atoms with Crippen molar-refractivity contribution >= 4 is 5.69 Å². The summed E-state index contributed by atoms with van der Waals surface area (Å²) in [5.41, 5.74) is 1.40. The van der Waals surface area contributed by atoms with Crippen LogP contribution >= 0.6 is 0 Å². The molecule has 98 valence electrons. The largest absolute Gasteiger partial charge is 0.489 e. The lowest BCUT2D eigenvalue weighted by molar-refractivity contribution is -0.384. The first-order chi connectivity index (χ1) is 9.06. The van der Waals surface area contributed by atoms with Gasteiger partial charge in [0.25, 0.3) is 5.69 Å². The van der Waals surface area contributed by atoms with Gasteiger partial charge >= 0.3 is 0 Å². The van der Waals surface area contributed by atoms with Crippen molar-refractivity contribution in [1.82, 2.24) is 0 Å². The van der Waals surface area contributed by atoms with Gasteiger partial charge in [-0.05, 0) is 36.2 Å². The second-order valence-corrected chi connectivity index (χ2v) is 4.13. The van der Waals surface area contributed by atoms with E-state index >= 15 is 0 Å². The molecule has 0 atom stereocenters. The summed E-state index contributed by atoms with van der Waals surface area (Å²) in [4.78, 5) is 10.2. The van der Waals surface area contributed by atoms with Gasteiger partial charge in [-0.2, -0.15) is 0 Å². The van der Waals surface area contributed by atoms with Crippen molar-refractivity contribution in [2.45, 2.75) is 13.5 Å². The van der Waals surface area contributed by atoms with E-state index < -0.39 is 4.92 Å². The Morgan fingerprint density at radius 2 is 2.05 bits per heavy atom. The van der Waals surface area contributed by atoms with E-state index in [0.717, 1.165) is 0 Å². The monoisotopic (exact) mass is 261 g/mol. The lowest BCUT2D eigenvalue weighted by atomic mass is 10.2. The van der Waals surface area contributed by atoms with E-state index in [1.165, 1.54) is 24.3 Å². The molecule has 19 heavy (non-hydrogen) atoms. The van der Waals surface area contributed by atoms with Gasteiger partial charge in [-0.3, -0.25) is 10.1 Å². The Bertz CT molecular complexity index is 613. The van der Waals surface area contributed by atoms with Crippen LogP contribution in [-0.4, -0.2) is 4.92 Å². The molecule has 0 amide bonds. The molecule has 2 rings (SSSR count). The fraction of sp³-hybridized carbons (Fsp3) is 0.143. The molecule has 2 aromatic rings. The zero-order valence-electron chi connectivity index (χ0n) is 10.3. The number of non-ortho nitro benzene ring substituents is 1. The number of hydrogen-bond donors (Lipinski definition) is 0. The first-order valence-corrected chi connectivity index (χ1v) is 5.68. The normalized spacial score (nSPS) is 10.2. The second kappa shape index (κ2) is 5.48. The molecule has 0 radical (unpaired) electrons. The van der Waals surface area contributed by atoms with Crippen LogP contribution in [0.4, 0.5) is 10.1 Å². The summed E-state index contributed by atoms with van der Waals surface area (Å²) in [5, 5.41) is 10.6. The number of rotatable bonds is 4. The van der Waals surface area contributed by atoms with E-state index in [2.05, 4.69) is 0 Å². The van der Waals surface area contributed by atoms with Gasteiger partial charge in [0, 0.05) is 12.1 Å². The van der Waals surface area contributed by atoms with Gasteiger partial charge in [0.05, 0.1) is 4.92 Å². The first-order valence-electron chi connectivity index (χ1n) is 5.68. The van der Waals surface area contributed by atoms with Crippen molar-refractivity contribution in [2.24, 2.45) is 0 Å². The zero-order chi connectivity index (χ0) is 13.8. The highest BCUT2D eigenvalue weighted by Crippen LogP contribution is 2.20. The van der Waals surface area contributed by atoms with E-state index in [4.69, 9.17) is 4.74 Å². The number of aryl methyl sites for hydroxylation is 1. The number of halogens is 1. The van der Waals surface area contributed by atoms with Gasteiger partial charge in [0.15, 0.2) is 0 Å². The number of nitro groups is 1. The van der Waals surface area contributed by atoms with Gasteiger partial charge in [-0.25, -0.2) is 4.39 Å². The quantitative estimate of drug-likeness (QED) is 0.624. The molecule has 0 heterocycles. The number of nitro benzene ring substituents is 1. The molecule has 2 aromatic carbocycles. The molecule has 4 nitrogen and oxygen atoms in total. The molecule has 0 aliphatic rings. The molecule has 0 bridgehead atoms. The summed E-state index contributed by atoms with van der Waals surface area (Å²) >= 11 is 0. The summed E-state index contributed by atoms with van der Waals surface area (Å²) in [6.45, 7) is 1.94. The molecule has 0 unspecified atom stereocenters. The minimum absolute atomic E-state index is 0.0249. The van der Waals surface area contributed by atoms with Crippen molar-refractivity contribution in [3.63, 3.8) is 0 Å². The molecule has 5 heteroatoms. The third-order valence-corrected chi connectivity index (χ3v) is 2.65. The SMILES string of the molecule is Cc1cc(F)ccc1OCc1cccc([N+](=O)[O-])c1. The molecule has 0 spiro atoms. The molecular formula is C14H12FNO3. The Kier molecular flexibility index (Phi) is 3.75. The Hall–Kier alpha value is -2.43. The van der Waals surface area contributed by atoms with Gasteiger partial charge in [-0.1, -0.05) is 12.1 Å². The Labute approximate surface area is 109 Å². The summed E-state index contributed by atoms with van der Waals surface area (Å²) in [6, 6.07) is 10.5. The maximum Gasteiger partial charge on any atom is 0.269 e. The van der Waals surface area contributed by atoms with Crippen molar-refractivity contribution in [1.29, 1.82) is 0 Å². The van der Waals surface area contributed by atoms with Crippen LogP contribution in [0.3, 0.4) is 0 Å².